The molecule has 0 amide bonds. The molecule has 0 bridgehead atoms. The normalized spacial score (nSPS) is 28.9. The molecule has 1 saturated heterocycles. The van der Waals surface area contributed by atoms with Gasteiger partial charge in [-0.15, -0.1) is 0 Å². The van der Waals surface area contributed by atoms with Crippen molar-refractivity contribution in [2.24, 2.45) is 5.41 Å². The van der Waals surface area contributed by atoms with Gasteiger partial charge in [-0.1, -0.05) is 22.4 Å². The van der Waals surface area contributed by atoms with E-state index in [2.05, 4.69) is 15.9 Å². The third-order valence-corrected chi connectivity index (χ3v) is 6.81. The van der Waals surface area contributed by atoms with E-state index in [0.29, 0.717) is 5.75 Å². The van der Waals surface area contributed by atoms with Crippen molar-refractivity contribution in [3.8, 4) is 0 Å². The third kappa shape index (κ3) is 2.99. The summed E-state index contributed by atoms with van der Waals surface area (Å²) in [6.07, 6.45) is 5.12. The average molecular weight is 311 g/mol. The van der Waals surface area contributed by atoms with E-state index in [0.717, 1.165) is 37.6 Å². The molecule has 1 aliphatic carbocycles. The van der Waals surface area contributed by atoms with E-state index in [1.807, 2.05) is 0 Å². The predicted octanol–water partition coefficient (Wildman–Crippen LogP) is 2.15. The molecule has 0 N–H and O–H groups in total. The van der Waals surface area contributed by atoms with E-state index in [1.54, 1.807) is 0 Å². The molecule has 1 heterocycles. The zero-order valence-electron chi connectivity index (χ0n) is 9.45. The quantitative estimate of drug-likeness (QED) is 0.731. The number of hydrogen-bond donors (Lipinski definition) is 0. The lowest BCUT2D eigenvalue weighted by Crippen LogP contribution is -2.40. The van der Waals surface area contributed by atoms with E-state index >= 15 is 0 Å². The molecule has 2 rings (SSSR count). The van der Waals surface area contributed by atoms with Gasteiger partial charge in [0.05, 0.1) is 17.6 Å². The second kappa shape index (κ2) is 4.94. The Labute approximate surface area is 106 Å². The molecule has 2 aliphatic rings. The van der Waals surface area contributed by atoms with Crippen molar-refractivity contribution >= 4 is 25.8 Å². The van der Waals surface area contributed by atoms with Gasteiger partial charge >= 0.3 is 0 Å². The summed E-state index contributed by atoms with van der Waals surface area (Å²) >= 11 is 3.45. The maximum atomic E-state index is 12.1. The van der Waals surface area contributed by atoms with Crippen LogP contribution in [-0.4, -0.2) is 38.0 Å². The smallest absolute Gasteiger partial charge is 0.153 e. The van der Waals surface area contributed by atoms with Gasteiger partial charge < -0.3 is 4.74 Å². The largest absolute Gasteiger partial charge is 0.377 e. The van der Waals surface area contributed by atoms with E-state index in [1.165, 1.54) is 6.42 Å². The minimum atomic E-state index is -2.95. The van der Waals surface area contributed by atoms with Gasteiger partial charge in [-0.3, -0.25) is 0 Å². The monoisotopic (exact) mass is 310 g/mol. The van der Waals surface area contributed by atoms with Crippen molar-refractivity contribution in [3.63, 3.8) is 0 Å². The van der Waals surface area contributed by atoms with Gasteiger partial charge in [-0.25, -0.2) is 8.42 Å². The molecule has 5 heteroatoms. The van der Waals surface area contributed by atoms with Crippen LogP contribution in [0.15, 0.2) is 0 Å². The fourth-order valence-electron chi connectivity index (χ4n) is 2.58. The summed E-state index contributed by atoms with van der Waals surface area (Å²) in [4.78, 5) is 0. The molecule has 0 radical (unpaired) electrons. The van der Waals surface area contributed by atoms with E-state index in [9.17, 15) is 8.42 Å². The minimum Gasteiger partial charge on any atom is -0.377 e. The molecule has 0 aromatic rings. The SMILES string of the molecule is O=S(=O)(CC1CCCO1)CC1(CBr)CCC1. The fraction of sp³-hybridized carbons (Fsp3) is 1.00. The van der Waals surface area contributed by atoms with Crippen LogP contribution in [-0.2, 0) is 14.6 Å². The molecular weight excluding hydrogens is 292 g/mol. The van der Waals surface area contributed by atoms with Crippen LogP contribution in [0.25, 0.3) is 0 Å². The first-order chi connectivity index (χ1) is 7.55. The summed E-state index contributed by atoms with van der Waals surface area (Å²) in [5.74, 6) is 0.562. The zero-order chi connectivity index (χ0) is 11.6. The maximum Gasteiger partial charge on any atom is 0.153 e. The first-order valence-electron chi connectivity index (χ1n) is 5.93. The van der Waals surface area contributed by atoms with Crippen molar-refractivity contribution in [2.75, 3.05) is 23.4 Å². The summed E-state index contributed by atoms with van der Waals surface area (Å²) in [5.41, 5.74) is 0.0252. The number of sulfone groups is 1. The van der Waals surface area contributed by atoms with Crippen LogP contribution in [0.4, 0.5) is 0 Å². The first-order valence-corrected chi connectivity index (χ1v) is 8.88. The van der Waals surface area contributed by atoms with Crippen LogP contribution in [0.3, 0.4) is 0 Å². The Morgan fingerprint density at radius 3 is 2.50 bits per heavy atom. The Bertz CT molecular complexity index is 324. The van der Waals surface area contributed by atoms with E-state index in [4.69, 9.17) is 4.74 Å². The molecule has 0 aromatic heterocycles. The average Bonchev–Trinajstić information content (AvgIpc) is 2.63. The highest BCUT2D eigenvalue weighted by Gasteiger charge is 2.40. The molecule has 1 saturated carbocycles. The summed E-state index contributed by atoms with van der Waals surface area (Å²) in [7, 11) is -2.95. The standard InChI is InChI=1S/C11H19BrO3S/c12-8-11(4-2-5-11)9-16(13,14)7-10-3-1-6-15-10/h10H,1-9H2. The van der Waals surface area contributed by atoms with Crippen LogP contribution in [0.5, 0.6) is 0 Å². The molecule has 94 valence electrons. The zero-order valence-corrected chi connectivity index (χ0v) is 11.9. The highest BCUT2D eigenvalue weighted by Crippen LogP contribution is 2.43. The van der Waals surface area contributed by atoms with E-state index in [-0.39, 0.29) is 17.3 Å². The molecular formula is C11H19BrO3S. The lowest BCUT2D eigenvalue weighted by atomic mass is 9.72. The Balaban J connectivity index is 1.91. The molecule has 0 spiro atoms. The number of hydrogen-bond acceptors (Lipinski definition) is 3. The lowest BCUT2D eigenvalue weighted by Gasteiger charge is -2.40. The van der Waals surface area contributed by atoms with Crippen molar-refractivity contribution in [1.29, 1.82) is 0 Å². The number of alkyl halides is 1. The van der Waals surface area contributed by atoms with Crippen molar-refractivity contribution < 1.29 is 13.2 Å². The van der Waals surface area contributed by atoms with Gasteiger partial charge in [-0.2, -0.15) is 0 Å². The lowest BCUT2D eigenvalue weighted by molar-refractivity contribution is 0.127. The van der Waals surface area contributed by atoms with Crippen molar-refractivity contribution in [1.82, 2.24) is 0 Å². The highest BCUT2D eigenvalue weighted by molar-refractivity contribution is 9.09. The molecule has 1 aliphatic heterocycles. The summed E-state index contributed by atoms with van der Waals surface area (Å²) in [5, 5.41) is 0.810. The number of halogens is 1. The van der Waals surface area contributed by atoms with Crippen LogP contribution >= 0.6 is 15.9 Å². The van der Waals surface area contributed by atoms with Gasteiger partial charge in [0.15, 0.2) is 9.84 Å². The van der Waals surface area contributed by atoms with Crippen molar-refractivity contribution in [2.45, 2.75) is 38.2 Å². The summed E-state index contributed by atoms with van der Waals surface area (Å²) in [6, 6.07) is 0. The van der Waals surface area contributed by atoms with Crippen LogP contribution < -0.4 is 0 Å². The Hall–Kier alpha value is 0.390. The number of ether oxygens (including phenoxy) is 1. The Morgan fingerprint density at radius 1 is 1.31 bits per heavy atom. The molecule has 1 unspecified atom stereocenters. The molecule has 3 nitrogen and oxygen atoms in total. The highest BCUT2D eigenvalue weighted by atomic mass is 79.9. The summed E-state index contributed by atoms with van der Waals surface area (Å²) in [6.45, 7) is 0.726. The van der Waals surface area contributed by atoms with Gasteiger partial charge in [0, 0.05) is 11.9 Å². The van der Waals surface area contributed by atoms with Crippen LogP contribution in [0.2, 0.25) is 0 Å². The first kappa shape index (κ1) is 12.8. The molecule has 0 aromatic carbocycles. The van der Waals surface area contributed by atoms with Crippen molar-refractivity contribution in [3.05, 3.63) is 0 Å². The fourth-order valence-corrected chi connectivity index (χ4v) is 5.87. The van der Waals surface area contributed by atoms with Gasteiger partial charge in [-0.05, 0) is 31.1 Å². The Morgan fingerprint density at radius 2 is 2.06 bits per heavy atom. The van der Waals surface area contributed by atoms with Gasteiger partial charge in [0.2, 0.25) is 0 Å². The second-order valence-electron chi connectivity index (χ2n) is 5.18. The van der Waals surface area contributed by atoms with Crippen LogP contribution in [0, 0.1) is 5.41 Å². The Kier molecular flexibility index (Phi) is 3.97. The summed E-state index contributed by atoms with van der Waals surface area (Å²) < 4.78 is 29.5. The minimum absolute atomic E-state index is 0.0252. The molecule has 16 heavy (non-hydrogen) atoms. The maximum absolute atomic E-state index is 12.1. The second-order valence-corrected chi connectivity index (χ2v) is 7.85. The number of rotatable bonds is 5. The van der Waals surface area contributed by atoms with Gasteiger partial charge in [0.25, 0.3) is 0 Å². The van der Waals surface area contributed by atoms with Crippen LogP contribution in [0.1, 0.15) is 32.1 Å². The van der Waals surface area contributed by atoms with E-state index < -0.39 is 9.84 Å². The predicted molar refractivity (Wildman–Crippen MR) is 67.7 cm³/mol. The molecule has 2 fully saturated rings. The topological polar surface area (TPSA) is 43.4 Å². The third-order valence-electron chi connectivity index (χ3n) is 3.69. The molecule has 1 atom stereocenters. The van der Waals surface area contributed by atoms with Gasteiger partial charge in [0.1, 0.15) is 0 Å².